The van der Waals surface area contributed by atoms with Crippen molar-refractivity contribution in [1.29, 1.82) is 0 Å². The van der Waals surface area contributed by atoms with Gasteiger partial charge in [-0.2, -0.15) is 0 Å². The minimum atomic E-state index is -0.575. The van der Waals surface area contributed by atoms with Crippen LogP contribution >= 0.6 is 0 Å². The maximum Gasteiger partial charge on any atom is 0.342 e. The van der Waals surface area contributed by atoms with Crippen molar-refractivity contribution in [3.8, 4) is 11.5 Å². The molecule has 0 bridgehead atoms. The van der Waals surface area contributed by atoms with Gasteiger partial charge in [0, 0.05) is 0 Å². The van der Waals surface area contributed by atoms with E-state index in [-0.39, 0.29) is 30.5 Å². The average Bonchev–Trinajstić information content (AvgIpc) is 3.07. The summed E-state index contributed by atoms with van der Waals surface area (Å²) < 4.78 is 15.9. The van der Waals surface area contributed by atoms with Crippen LogP contribution in [0.15, 0.2) is 66.7 Å². The molecule has 3 aromatic carbocycles. The Bertz CT molecular complexity index is 1170. The zero-order valence-corrected chi connectivity index (χ0v) is 17.7. The second-order valence-electron chi connectivity index (χ2n) is 7.20. The summed E-state index contributed by atoms with van der Waals surface area (Å²) in [6.45, 7) is 0.0916. The maximum atomic E-state index is 12.8. The summed E-state index contributed by atoms with van der Waals surface area (Å²) >= 11 is 0. The van der Waals surface area contributed by atoms with Gasteiger partial charge in [-0.15, -0.1) is 0 Å². The number of benzene rings is 3. The van der Waals surface area contributed by atoms with Gasteiger partial charge < -0.3 is 14.2 Å². The minimum Gasteiger partial charge on any atom is -0.497 e. The molecular weight excluding hydrogens is 410 g/mol. The van der Waals surface area contributed by atoms with Crippen molar-refractivity contribution in [3.63, 3.8) is 0 Å². The second kappa shape index (κ2) is 8.93. The van der Waals surface area contributed by atoms with E-state index in [1.165, 1.54) is 7.11 Å². The number of hydrogen-bond donors (Lipinski definition) is 0. The number of hydrogen-bond acceptors (Lipinski definition) is 6. The molecule has 0 saturated carbocycles. The van der Waals surface area contributed by atoms with E-state index in [0.717, 1.165) is 10.5 Å². The molecule has 3 aromatic rings. The number of esters is 1. The first kappa shape index (κ1) is 21.1. The first-order chi connectivity index (χ1) is 15.5. The topological polar surface area (TPSA) is 82.1 Å². The Kier molecular flexibility index (Phi) is 5.89. The Morgan fingerprint density at radius 1 is 0.812 bits per heavy atom. The van der Waals surface area contributed by atoms with Gasteiger partial charge in [0.2, 0.25) is 0 Å². The fourth-order valence-electron chi connectivity index (χ4n) is 3.57. The molecule has 4 rings (SSSR count). The normalized spacial score (nSPS) is 12.5. The zero-order chi connectivity index (χ0) is 22.7. The van der Waals surface area contributed by atoms with Crippen molar-refractivity contribution in [2.45, 2.75) is 13.2 Å². The van der Waals surface area contributed by atoms with Crippen LogP contribution in [0, 0.1) is 0 Å². The lowest BCUT2D eigenvalue weighted by Gasteiger charge is -2.16. The predicted octanol–water partition coefficient (Wildman–Crippen LogP) is 3.86. The van der Waals surface area contributed by atoms with E-state index in [2.05, 4.69) is 0 Å². The molecule has 7 heteroatoms. The van der Waals surface area contributed by atoms with Gasteiger partial charge in [0.05, 0.1) is 31.9 Å². The highest BCUT2D eigenvalue weighted by atomic mass is 16.5. The predicted molar refractivity (Wildman–Crippen MR) is 116 cm³/mol. The van der Waals surface area contributed by atoms with Crippen molar-refractivity contribution in [3.05, 3.63) is 94.5 Å². The van der Waals surface area contributed by atoms with Gasteiger partial charge in [-0.1, -0.05) is 30.3 Å². The van der Waals surface area contributed by atoms with E-state index < -0.39 is 5.97 Å². The summed E-state index contributed by atoms with van der Waals surface area (Å²) in [6.07, 6.45) is 0. The smallest absolute Gasteiger partial charge is 0.342 e. The second-order valence-corrected chi connectivity index (χ2v) is 7.20. The van der Waals surface area contributed by atoms with Gasteiger partial charge >= 0.3 is 5.97 Å². The van der Waals surface area contributed by atoms with Crippen LogP contribution in [0.25, 0.3) is 0 Å². The lowest BCUT2D eigenvalue weighted by Crippen LogP contribution is -2.29. The van der Waals surface area contributed by atoms with Crippen LogP contribution in [-0.4, -0.2) is 36.9 Å². The van der Waals surface area contributed by atoms with Gasteiger partial charge in [0.1, 0.15) is 23.7 Å². The Labute approximate surface area is 185 Å². The summed E-state index contributed by atoms with van der Waals surface area (Å²) in [5.74, 6) is -0.285. The molecule has 0 saturated heterocycles. The van der Waals surface area contributed by atoms with Crippen LogP contribution in [0.2, 0.25) is 0 Å². The lowest BCUT2D eigenvalue weighted by molar-refractivity contribution is 0.0468. The number of methoxy groups -OCH3 is 2. The van der Waals surface area contributed by atoms with Gasteiger partial charge in [-0.3, -0.25) is 14.5 Å². The van der Waals surface area contributed by atoms with Crippen LogP contribution in [0.4, 0.5) is 0 Å². The van der Waals surface area contributed by atoms with E-state index in [0.29, 0.717) is 28.2 Å². The van der Waals surface area contributed by atoms with Crippen molar-refractivity contribution in [1.82, 2.24) is 4.90 Å². The van der Waals surface area contributed by atoms with Crippen molar-refractivity contribution in [2.24, 2.45) is 0 Å². The fourth-order valence-corrected chi connectivity index (χ4v) is 3.57. The van der Waals surface area contributed by atoms with Crippen molar-refractivity contribution >= 4 is 17.8 Å². The van der Waals surface area contributed by atoms with E-state index in [4.69, 9.17) is 14.2 Å². The molecule has 1 aliphatic rings. The van der Waals surface area contributed by atoms with E-state index in [1.807, 2.05) is 12.1 Å². The van der Waals surface area contributed by atoms with Crippen LogP contribution in [0.1, 0.15) is 42.2 Å². The Morgan fingerprint density at radius 3 is 2.19 bits per heavy atom. The molecule has 0 atom stereocenters. The SMILES string of the molecule is COc1cccc(COC(=O)c2cc(CN3C(=O)c4ccccc4C3=O)ccc2OC)c1. The Hall–Kier alpha value is -4.13. The molecular formula is C25H21NO6. The van der Waals surface area contributed by atoms with Crippen LogP contribution in [0.3, 0.4) is 0 Å². The highest BCUT2D eigenvalue weighted by Crippen LogP contribution is 2.27. The van der Waals surface area contributed by atoms with Crippen molar-refractivity contribution in [2.75, 3.05) is 14.2 Å². The third kappa shape index (κ3) is 4.05. The average molecular weight is 431 g/mol. The molecule has 0 spiro atoms. The number of fused-ring (bicyclic) bond motifs is 1. The molecule has 0 fully saturated rings. The third-order valence-electron chi connectivity index (χ3n) is 5.21. The number of ether oxygens (including phenoxy) is 3. The van der Waals surface area contributed by atoms with Gasteiger partial charge in [0.25, 0.3) is 11.8 Å². The fraction of sp³-hybridized carbons (Fsp3) is 0.160. The van der Waals surface area contributed by atoms with Gasteiger partial charge in [-0.25, -0.2) is 4.79 Å². The Balaban J connectivity index is 1.52. The molecule has 162 valence electrons. The maximum absolute atomic E-state index is 12.8. The monoisotopic (exact) mass is 431 g/mol. The summed E-state index contributed by atoms with van der Waals surface area (Å²) in [6, 6.07) is 18.8. The third-order valence-corrected chi connectivity index (χ3v) is 5.21. The van der Waals surface area contributed by atoms with E-state index in [1.54, 1.807) is 61.7 Å². The largest absolute Gasteiger partial charge is 0.497 e. The first-order valence-electron chi connectivity index (χ1n) is 9.94. The number of amides is 2. The van der Waals surface area contributed by atoms with Gasteiger partial charge in [-0.05, 0) is 47.5 Å². The number of carbonyl (C=O) groups excluding carboxylic acids is 3. The highest BCUT2D eigenvalue weighted by molar-refractivity contribution is 6.21. The molecule has 0 aromatic heterocycles. The molecule has 32 heavy (non-hydrogen) atoms. The lowest BCUT2D eigenvalue weighted by atomic mass is 10.1. The highest BCUT2D eigenvalue weighted by Gasteiger charge is 2.35. The molecule has 0 N–H and O–H groups in total. The summed E-state index contributed by atoms with van der Waals surface area (Å²) in [5, 5.41) is 0. The van der Waals surface area contributed by atoms with Crippen LogP contribution in [-0.2, 0) is 17.9 Å². The van der Waals surface area contributed by atoms with Crippen molar-refractivity contribution < 1.29 is 28.6 Å². The molecule has 1 heterocycles. The number of nitrogens with zero attached hydrogens (tertiary/aromatic N) is 1. The molecule has 2 amide bonds. The molecule has 1 aliphatic heterocycles. The first-order valence-corrected chi connectivity index (χ1v) is 9.94. The van der Waals surface area contributed by atoms with Crippen LogP contribution < -0.4 is 9.47 Å². The number of carbonyl (C=O) groups is 3. The molecule has 7 nitrogen and oxygen atoms in total. The van der Waals surface area contributed by atoms with E-state index >= 15 is 0 Å². The number of imide groups is 1. The summed E-state index contributed by atoms with van der Waals surface area (Å²) in [7, 11) is 3.02. The van der Waals surface area contributed by atoms with Crippen LogP contribution in [0.5, 0.6) is 11.5 Å². The summed E-state index contributed by atoms with van der Waals surface area (Å²) in [5.41, 5.74) is 2.35. The zero-order valence-electron chi connectivity index (χ0n) is 17.7. The number of rotatable bonds is 7. The van der Waals surface area contributed by atoms with Gasteiger partial charge in [0.15, 0.2) is 0 Å². The molecule has 0 aliphatic carbocycles. The molecule has 0 radical (unpaired) electrons. The quantitative estimate of drug-likeness (QED) is 0.417. The minimum absolute atomic E-state index is 0.0342. The summed E-state index contributed by atoms with van der Waals surface area (Å²) in [4.78, 5) is 39.2. The Morgan fingerprint density at radius 2 is 1.53 bits per heavy atom. The standard InChI is InChI=1S/C25H21NO6/c1-30-18-7-5-6-17(12-18)15-32-25(29)21-13-16(10-11-22(21)31-2)14-26-23(27)19-8-3-4-9-20(19)24(26)28/h3-13H,14-15H2,1-2H3. The molecule has 0 unspecified atom stereocenters. The van der Waals surface area contributed by atoms with E-state index in [9.17, 15) is 14.4 Å².